The highest BCUT2D eigenvalue weighted by molar-refractivity contribution is 5.74. The third-order valence-corrected chi connectivity index (χ3v) is 4.39. The zero-order valence-corrected chi connectivity index (χ0v) is 11.7. The van der Waals surface area contributed by atoms with E-state index in [1.165, 1.54) is 0 Å². The fraction of sp³-hybridized carbons (Fsp3) is 0.929. The number of nitrogens with zero attached hydrogens (tertiary/aromatic N) is 2. The van der Waals surface area contributed by atoms with E-state index >= 15 is 0 Å². The largest absolute Gasteiger partial charge is 0.390 e. The fourth-order valence-corrected chi connectivity index (χ4v) is 2.85. The summed E-state index contributed by atoms with van der Waals surface area (Å²) in [6.07, 6.45) is 4.65. The number of likely N-dealkylation sites (tertiary alicyclic amines) is 2. The summed E-state index contributed by atoms with van der Waals surface area (Å²) >= 11 is 0. The minimum Gasteiger partial charge on any atom is -0.390 e. The first-order chi connectivity index (χ1) is 8.48. The zero-order valence-electron chi connectivity index (χ0n) is 11.7. The van der Waals surface area contributed by atoms with E-state index in [1.807, 2.05) is 16.7 Å². The lowest BCUT2D eigenvalue weighted by atomic mass is 9.98. The van der Waals surface area contributed by atoms with Crippen molar-refractivity contribution in [2.24, 2.45) is 5.92 Å². The standard InChI is InChI=1S/C14H26N2O2/c1-12-4-9-16(10-5-12)13(17)15-8-3-6-14(2,18)7-11-15/h12,18H,3-11H2,1-2H3. The van der Waals surface area contributed by atoms with Crippen molar-refractivity contribution in [1.82, 2.24) is 9.80 Å². The number of piperidine rings is 1. The number of carbonyl (C=O) groups excluding carboxylic acids is 1. The molecule has 4 heteroatoms. The molecule has 2 amide bonds. The Hall–Kier alpha value is -0.770. The van der Waals surface area contributed by atoms with Crippen LogP contribution in [0, 0.1) is 5.92 Å². The Morgan fingerprint density at radius 2 is 1.72 bits per heavy atom. The van der Waals surface area contributed by atoms with Crippen LogP contribution in [0.4, 0.5) is 4.79 Å². The Balaban J connectivity index is 1.89. The van der Waals surface area contributed by atoms with Crippen LogP contribution in [-0.2, 0) is 0 Å². The minimum absolute atomic E-state index is 0.180. The quantitative estimate of drug-likeness (QED) is 0.719. The van der Waals surface area contributed by atoms with Gasteiger partial charge in [0.05, 0.1) is 5.60 Å². The Kier molecular flexibility index (Phi) is 4.15. The molecule has 104 valence electrons. The smallest absolute Gasteiger partial charge is 0.319 e. The van der Waals surface area contributed by atoms with Crippen LogP contribution in [0.3, 0.4) is 0 Å². The molecule has 2 heterocycles. The number of carbonyl (C=O) groups is 1. The molecule has 2 saturated heterocycles. The van der Waals surface area contributed by atoms with E-state index in [2.05, 4.69) is 6.92 Å². The van der Waals surface area contributed by atoms with E-state index in [0.717, 1.165) is 51.2 Å². The third-order valence-electron chi connectivity index (χ3n) is 4.39. The summed E-state index contributed by atoms with van der Waals surface area (Å²) in [5.74, 6) is 0.749. The van der Waals surface area contributed by atoms with Gasteiger partial charge in [-0.25, -0.2) is 4.79 Å². The number of amides is 2. The molecule has 18 heavy (non-hydrogen) atoms. The molecule has 1 atom stereocenters. The number of hydrogen-bond acceptors (Lipinski definition) is 2. The van der Waals surface area contributed by atoms with Crippen LogP contribution in [0.1, 0.15) is 46.0 Å². The van der Waals surface area contributed by atoms with Crippen LogP contribution in [0.5, 0.6) is 0 Å². The van der Waals surface area contributed by atoms with E-state index < -0.39 is 5.60 Å². The highest BCUT2D eigenvalue weighted by Gasteiger charge is 2.30. The van der Waals surface area contributed by atoms with Crippen molar-refractivity contribution in [3.63, 3.8) is 0 Å². The van der Waals surface area contributed by atoms with Crippen molar-refractivity contribution < 1.29 is 9.90 Å². The summed E-state index contributed by atoms with van der Waals surface area (Å²) in [6, 6.07) is 0.180. The van der Waals surface area contributed by atoms with Gasteiger partial charge in [-0.05, 0) is 44.9 Å². The summed E-state index contributed by atoms with van der Waals surface area (Å²) in [4.78, 5) is 16.3. The molecule has 0 saturated carbocycles. The van der Waals surface area contributed by atoms with Gasteiger partial charge in [-0.3, -0.25) is 0 Å². The molecule has 0 bridgehead atoms. The lowest BCUT2D eigenvalue weighted by molar-refractivity contribution is 0.0449. The maximum atomic E-state index is 12.4. The molecule has 0 aromatic heterocycles. The van der Waals surface area contributed by atoms with Crippen LogP contribution in [0.15, 0.2) is 0 Å². The SMILES string of the molecule is CC1CCN(C(=O)N2CCCC(C)(O)CC2)CC1. The number of urea groups is 1. The minimum atomic E-state index is -0.592. The van der Waals surface area contributed by atoms with E-state index in [1.54, 1.807) is 0 Å². The molecule has 2 fully saturated rings. The molecule has 2 rings (SSSR count). The van der Waals surface area contributed by atoms with E-state index in [9.17, 15) is 9.90 Å². The maximum absolute atomic E-state index is 12.4. The maximum Gasteiger partial charge on any atom is 0.319 e. The molecule has 2 aliphatic rings. The summed E-state index contributed by atoms with van der Waals surface area (Å²) in [5, 5.41) is 10.0. The molecule has 1 unspecified atom stereocenters. The van der Waals surface area contributed by atoms with Gasteiger partial charge in [0.1, 0.15) is 0 Å². The van der Waals surface area contributed by atoms with Gasteiger partial charge in [-0.15, -0.1) is 0 Å². The lowest BCUT2D eigenvalue weighted by Gasteiger charge is -2.34. The molecule has 0 radical (unpaired) electrons. The van der Waals surface area contributed by atoms with Crippen LogP contribution in [-0.4, -0.2) is 52.7 Å². The van der Waals surface area contributed by atoms with E-state index in [-0.39, 0.29) is 6.03 Å². The number of hydrogen-bond donors (Lipinski definition) is 1. The second-order valence-corrected chi connectivity index (χ2v) is 6.29. The second kappa shape index (κ2) is 5.47. The first-order valence-corrected chi connectivity index (χ1v) is 7.24. The van der Waals surface area contributed by atoms with Gasteiger partial charge in [0.15, 0.2) is 0 Å². The topological polar surface area (TPSA) is 43.8 Å². The monoisotopic (exact) mass is 254 g/mol. The fourth-order valence-electron chi connectivity index (χ4n) is 2.85. The summed E-state index contributed by atoms with van der Waals surface area (Å²) in [6.45, 7) is 7.41. The molecular weight excluding hydrogens is 228 g/mol. The molecule has 0 aromatic carbocycles. The molecule has 4 nitrogen and oxygen atoms in total. The predicted octanol–water partition coefficient (Wildman–Crippen LogP) is 2.08. The average Bonchev–Trinajstić information content (AvgIpc) is 2.50. The Bertz CT molecular complexity index is 296. The Morgan fingerprint density at radius 3 is 2.39 bits per heavy atom. The van der Waals surface area contributed by atoms with Crippen molar-refractivity contribution in [2.75, 3.05) is 26.2 Å². The van der Waals surface area contributed by atoms with Crippen LogP contribution < -0.4 is 0 Å². The lowest BCUT2D eigenvalue weighted by Crippen LogP contribution is -2.47. The number of rotatable bonds is 0. The summed E-state index contributed by atoms with van der Waals surface area (Å²) in [7, 11) is 0. The molecule has 0 aromatic rings. The molecule has 0 spiro atoms. The summed E-state index contributed by atoms with van der Waals surface area (Å²) in [5.41, 5.74) is -0.592. The van der Waals surface area contributed by atoms with Crippen molar-refractivity contribution in [3.05, 3.63) is 0 Å². The highest BCUT2D eigenvalue weighted by Crippen LogP contribution is 2.23. The predicted molar refractivity (Wildman–Crippen MR) is 71.4 cm³/mol. The first kappa shape index (κ1) is 13.7. The zero-order chi connectivity index (χ0) is 13.2. The van der Waals surface area contributed by atoms with E-state index in [4.69, 9.17) is 0 Å². The molecule has 0 aliphatic carbocycles. The van der Waals surface area contributed by atoms with Crippen molar-refractivity contribution >= 4 is 6.03 Å². The normalized spacial score (nSPS) is 31.3. The van der Waals surface area contributed by atoms with Gasteiger partial charge in [-0.2, -0.15) is 0 Å². The third kappa shape index (κ3) is 3.37. The average molecular weight is 254 g/mol. The van der Waals surface area contributed by atoms with Gasteiger partial charge in [0, 0.05) is 26.2 Å². The first-order valence-electron chi connectivity index (χ1n) is 7.24. The molecular formula is C14H26N2O2. The van der Waals surface area contributed by atoms with Gasteiger partial charge in [0.25, 0.3) is 0 Å². The van der Waals surface area contributed by atoms with Crippen molar-refractivity contribution in [3.8, 4) is 0 Å². The summed E-state index contributed by atoms with van der Waals surface area (Å²) < 4.78 is 0. The highest BCUT2D eigenvalue weighted by atomic mass is 16.3. The van der Waals surface area contributed by atoms with E-state index in [0.29, 0.717) is 13.0 Å². The van der Waals surface area contributed by atoms with Gasteiger partial charge < -0.3 is 14.9 Å². The number of aliphatic hydroxyl groups is 1. The van der Waals surface area contributed by atoms with Gasteiger partial charge in [0.2, 0.25) is 0 Å². The van der Waals surface area contributed by atoms with Crippen molar-refractivity contribution in [2.45, 2.75) is 51.6 Å². The Labute approximate surface area is 110 Å². The Morgan fingerprint density at radius 1 is 1.11 bits per heavy atom. The van der Waals surface area contributed by atoms with Crippen LogP contribution >= 0.6 is 0 Å². The van der Waals surface area contributed by atoms with Gasteiger partial charge >= 0.3 is 6.03 Å². The van der Waals surface area contributed by atoms with Crippen LogP contribution in [0.25, 0.3) is 0 Å². The van der Waals surface area contributed by atoms with Crippen molar-refractivity contribution in [1.29, 1.82) is 0 Å². The second-order valence-electron chi connectivity index (χ2n) is 6.29. The molecule has 2 aliphatic heterocycles. The molecule has 1 N–H and O–H groups in total. The van der Waals surface area contributed by atoms with Crippen LogP contribution in [0.2, 0.25) is 0 Å². The van der Waals surface area contributed by atoms with Gasteiger partial charge in [-0.1, -0.05) is 6.92 Å².